The van der Waals surface area contributed by atoms with E-state index in [1.54, 1.807) is 11.8 Å². The lowest BCUT2D eigenvalue weighted by Crippen LogP contribution is -2.34. The second-order valence-corrected chi connectivity index (χ2v) is 3.82. The predicted molar refractivity (Wildman–Crippen MR) is 58.6 cm³/mol. The second-order valence-electron chi connectivity index (χ2n) is 3.82. The lowest BCUT2D eigenvalue weighted by Gasteiger charge is -2.22. The van der Waals surface area contributed by atoms with Gasteiger partial charge in [0.25, 0.3) is 0 Å². The van der Waals surface area contributed by atoms with Crippen molar-refractivity contribution in [2.75, 3.05) is 13.1 Å². The second kappa shape index (κ2) is 7.26. The molecule has 0 aliphatic carbocycles. The maximum atomic E-state index is 11.7. The molecule has 0 fully saturated rings. The third-order valence-corrected chi connectivity index (χ3v) is 2.24. The topological polar surface area (TPSA) is 57.6 Å². The molecule has 0 aliphatic heterocycles. The van der Waals surface area contributed by atoms with Crippen molar-refractivity contribution < 1.29 is 14.7 Å². The van der Waals surface area contributed by atoms with E-state index in [1.165, 1.54) is 0 Å². The zero-order valence-corrected chi connectivity index (χ0v) is 9.82. The first-order valence-corrected chi connectivity index (χ1v) is 5.53. The quantitative estimate of drug-likeness (QED) is 0.703. The molecule has 0 aromatic heterocycles. The molecule has 0 aromatic rings. The first-order chi connectivity index (χ1) is 7.02. The van der Waals surface area contributed by atoms with Gasteiger partial charge in [0.05, 0.1) is 5.92 Å². The van der Waals surface area contributed by atoms with Gasteiger partial charge in [-0.15, -0.1) is 0 Å². The van der Waals surface area contributed by atoms with Crippen LogP contribution >= 0.6 is 0 Å². The smallest absolute Gasteiger partial charge is 0.306 e. The van der Waals surface area contributed by atoms with Gasteiger partial charge in [-0.05, 0) is 12.8 Å². The molecule has 1 unspecified atom stereocenters. The first kappa shape index (κ1) is 13.9. The summed E-state index contributed by atoms with van der Waals surface area (Å²) < 4.78 is 0. The maximum Gasteiger partial charge on any atom is 0.306 e. The normalized spacial score (nSPS) is 12.2. The molecule has 1 atom stereocenters. The molecule has 4 nitrogen and oxygen atoms in total. The number of carbonyl (C=O) groups is 2. The van der Waals surface area contributed by atoms with E-state index in [0.717, 1.165) is 25.9 Å². The van der Waals surface area contributed by atoms with E-state index < -0.39 is 11.9 Å². The molecule has 0 heterocycles. The fourth-order valence-electron chi connectivity index (χ4n) is 1.38. The van der Waals surface area contributed by atoms with E-state index in [-0.39, 0.29) is 12.3 Å². The SMILES string of the molecule is CCCN(CCC)C(=O)CC(C)C(=O)O. The minimum absolute atomic E-state index is 0.0476. The summed E-state index contributed by atoms with van der Waals surface area (Å²) in [6.45, 7) is 7.03. The summed E-state index contributed by atoms with van der Waals surface area (Å²) in [5.74, 6) is -1.54. The van der Waals surface area contributed by atoms with Gasteiger partial charge in [0.15, 0.2) is 0 Å². The van der Waals surface area contributed by atoms with E-state index >= 15 is 0 Å². The Hall–Kier alpha value is -1.06. The number of hydrogen-bond donors (Lipinski definition) is 1. The van der Waals surface area contributed by atoms with Gasteiger partial charge in [0.1, 0.15) is 0 Å². The van der Waals surface area contributed by atoms with Gasteiger partial charge < -0.3 is 10.0 Å². The van der Waals surface area contributed by atoms with Crippen LogP contribution in [0, 0.1) is 5.92 Å². The standard InChI is InChI=1S/C11H21NO3/c1-4-6-12(7-5-2)10(13)8-9(3)11(14)15/h9H,4-8H2,1-3H3,(H,14,15). The molecule has 0 aliphatic rings. The molecule has 0 aromatic carbocycles. The molecule has 0 radical (unpaired) electrons. The maximum absolute atomic E-state index is 11.7. The molecular weight excluding hydrogens is 194 g/mol. The summed E-state index contributed by atoms with van der Waals surface area (Å²) >= 11 is 0. The molecule has 88 valence electrons. The van der Waals surface area contributed by atoms with Crippen molar-refractivity contribution in [2.45, 2.75) is 40.0 Å². The highest BCUT2D eigenvalue weighted by molar-refractivity contribution is 5.82. The van der Waals surface area contributed by atoms with Gasteiger partial charge in [0.2, 0.25) is 5.91 Å². The van der Waals surface area contributed by atoms with Crippen LogP contribution in [0.2, 0.25) is 0 Å². The fourth-order valence-corrected chi connectivity index (χ4v) is 1.38. The van der Waals surface area contributed by atoms with Crippen LogP contribution in [0.1, 0.15) is 40.0 Å². The summed E-state index contributed by atoms with van der Waals surface area (Å²) in [5, 5.41) is 8.70. The molecule has 1 amide bonds. The number of carboxylic acid groups (broad SMARTS) is 1. The average molecular weight is 215 g/mol. The van der Waals surface area contributed by atoms with Crippen LogP contribution in [0.25, 0.3) is 0 Å². The van der Waals surface area contributed by atoms with E-state index in [4.69, 9.17) is 5.11 Å². The lowest BCUT2D eigenvalue weighted by molar-refractivity contribution is -0.145. The van der Waals surface area contributed by atoms with Crippen molar-refractivity contribution in [1.82, 2.24) is 4.90 Å². The third-order valence-electron chi connectivity index (χ3n) is 2.24. The highest BCUT2D eigenvalue weighted by Crippen LogP contribution is 2.06. The van der Waals surface area contributed by atoms with E-state index in [9.17, 15) is 9.59 Å². The number of carboxylic acids is 1. The molecule has 0 bridgehead atoms. The summed E-state index contributed by atoms with van der Waals surface area (Å²) in [4.78, 5) is 24.1. The Kier molecular flexibility index (Phi) is 6.75. The minimum atomic E-state index is -0.906. The molecule has 4 heteroatoms. The van der Waals surface area contributed by atoms with Gasteiger partial charge in [-0.25, -0.2) is 0 Å². The van der Waals surface area contributed by atoms with Crippen molar-refractivity contribution in [2.24, 2.45) is 5.92 Å². The Morgan fingerprint density at radius 2 is 1.67 bits per heavy atom. The lowest BCUT2D eigenvalue weighted by atomic mass is 10.1. The first-order valence-electron chi connectivity index (χ1n) is 5.53. The highest BCUT2D eigenvalue weighted by Gasteiger charge is 2.19. The van der Waals surface area contributed by atoms with E-state index in [2.05, 4.69) is 0 Å². The van der Waals surface area contributed by atoms with Gasteiger partial charge in [-0.3, -0.25) is 9.59 Å². The highest BCUT2D eigenvalue weighted by atomic mass is 16.4. The number of nitrogens with zero attached hydrogens (tertiary/aromatic N) is 1. The largest absolute Gasteiger partial charge is 0.481 e. The van der Waals surface area contributed by atoms with Crippen molar-refractivity contribution in [3.63, 3.8) is 0 Å². The summed E-state index contributed by atoms with van der Waals surface area (Å²) in [5.41, 5.74) is 0. The minimum Gasteiger partial charge on any atom is -0.481 e. The van der Waals surface area contributed by atoms with Gasteiger partial charge in [-0.1, -0.05) is 20.8 Å². The van der Waals surface area contributed by atoms with Crippen LogP contribution in [0.3, 0.4) is 0 Å². The van der Waals surface area contributed by atoms with E-state index in [1.807, 2.05) is 13.8 Å². The predicted octanol–water partition coefficient (Wildman–Crippen LogP) is 1.75. The fraction of sp³-hybridized carbons (Fsp3) is 0.818. The average Bonchev–Trinajstić information content (AvgIpc) is 2.17. The monoisotopic (exact) mass is 215 g/mol. The summed E-state index contributed by atoms with van der Waals surface area (Å²) in [6.07, 6.45) is 1.93. The van der Waals surface area contributed by atoms with Crippen LogP contribution in [0.5, 0.6) is 0 Å². The Bertz CT molecular complexity index is 210. The van der Waals surface area contributed by atoms with Crippen molar-refractivity contribution >= 4 is 11.9 Å². The Labute approximate surface area is 91.3 Å². The molecule has 1 N–H and O–H groups in total. The zero-order chi connectivity index (χ0) is 11.8. The molecule has 15 heavy (non-hydrogen) atoms. The molecule has 0 spiro atoms. The number of amides is 1. The number of carbonyl (C=O) groups excluding carboxylic acids is 1. The Morgan fingerprint density at radius 1 is 1.20 bits per heavy atom. The van der Waals surface area contributed by atoms with Gasteiger partial charge in [0, 0.05) is 19.5 Å². The van der Waals surface area contributed by atoms with Crippen LogP contribution in [-0.2, 0) is 9.59 Å². The third kappa shape index (κ3) is 5.40. The van der Waals surface area contributed by atoms with Gasteiger partial charge >= 0.3 is 5.97 Å². The van der Waals surface area contributed by atoms with Crippen LogP contribution in [0.15, 0.2) is 0 Å². The van der Waals surface area contributed by atoms with Crippen LogP contribution < -0.4 is 0 Å². The molecule has 0 rings (SSSR count). The van der Waals surface area contributed by atoms with Gasteiger partial charge in [-0.2, -0.15) is 0 Å². The zero-order valence-electron chi connectivity index (χ0n) is 9.82. The number of aliphatic carboxylic acids is 1. The summed E-state index contributed by atoms with van der Waals surface area (Å²) in [7, 11) is 0. The Balaban J connectivity index is 4.18. The summed E-state index contributed by atoms with van der Waals surface area (Å²) in [6, 6.07) is 0. The number of hydrogen-bond acceptors (Lipinski definition) is 2. The molecular formula is C11H21NO3. The Morgan fingerprint density at radius 3 is 2.00 bits per heavy atom. The number of rotatable bonds is 7. The van der Waals surface area contributed by atoms with E-state index in [0.29, 0.717) is 0 Å². The van der Waals surface area contributed by atoms with Crippen molar-refractivity contribution in [1.29, 1.82) is 0 Å². The van der Waals surface area contributed by atoms with Crippen molar-refractivity contribution in [3.05, 3.63) is 0 Å². The molecule has 0 saturated carbocycles. The van der Waals surface area contributed by atoms with Crippen molar-refractivity contribution in [3.8, 4) is 0 Å². The van der Waals surface area contributed by atoms with Crippen LogP contribution in [0.4, 0.5) is 0 Å². The molecule has 0 saturated heterocycles. The van der Waals surface area contributed by atoms with Crippen LogP contribution in [-0.4, -0.2) is 35.0 Å².